The molecule has 0 saturated heterocycles. The van der Waals surface area contributed by atoms with Crippen molar-refractivity contribution in [1.82, 2.24) is 10.6 Å². The molecule has 0 spiro atoms. The van der Waals surface area contributed by atoms with Crippen molar-refractivity contribution in [3.8, 4) is 0 Å². The Hall–Kier alpha value is -0.930. The number of nitrogens with one attached hydrogen (secondary N) is 2. The molecule has 1 aliphatic rings. The minimum absolute atomic E-state index is 0.111. The van der Waals surface area contributed by atoms with Crippen molar-refractivity contribution >= 4 is 0 Å². The molecule has 1 aliphatic carbocycles. The van der Waals surface area contributed by atoms with Gasteiger partial charge in [0.2, 0.25) is 0 Å². The van der Waals surface area contributed by atoms with E-state index >= 15 is 0 Å². The molecule has 0 radical (unpaired) electrons. The topological polar surface area (TPSA) is 24.1 Å². The Morgan fingerprint density at radius 3 is 2.82 bits per heavy atom. The monoisotopic (exact) mass is 236 g/mol. The van der Waals surface area contributed by atoms with Crippen LogP contribution in [0.1, 0.15) is 30.4 Å². The SMILES string of the molecule is Cc1ccc(CNCCCNC2CC2)cc1F. The first-order valence-electron chi connectivity index (χ1n) is 6.45. The van der Waals surface area contributed by atoms with Gasteiger partial charge in [0.15, 0.2) is 0 Å². The van der Waals surface area contributed by atoms with Crippen molar-refractivity contribution in [2.45, 2.75) is 38.8 Å². The lowest BCUT2D eigenvalue weighted by atomic mass is 10.1. The largest absolute Gasteiger partial charge is 0.314 e. The highest BCUT2D eigenvalue weighted by Gasteiger charge is 2.19. The van der Waals surface area contributed by atoms with E-state index in [0.29, 0.717) is 5.56 Å². The number of rotatable bonds is 7. The van der Waals surface area contributed by atoms with Crippen LogP contribution in [-0.4, -0.2) is 19.1 Å². The molecule has 0 bridgehead atoms. The van der Waals surface area contributed by atoms with Crippen LogP contribution >= 0.6 is 0 Å². The fraction of sp³-hybridized carbons (Fsp3) is 0.571. The normalized spacial score (nSPS) is 15.2. The van der Waals surface area contributed by atoms with Crippen molar-refractivity contribution in [2.75, 3.05) is 13.1 Å². The average molecular weight is 236 g/mol. The van der Waals surface area contributed by atoms with E-state index in [1.165, 1.54) is 12.8 Å². The zero-order chi connectivity index (χ0) is 12.1. The van der Waals surface area contributed by atoms with Crippen molar-refractivity contribution in [2.24, 2.45) is 0 Å². The quantitative estimate of drug-likeness (QED) is 0.710. The molecule has 2 rings (SSSR count). The summed E-state index contributed by atoms with van der Waals surface area (Å²) in [6.07, 6.45) is 3.82. The molecule has 0 unspecified atom stereocenters. The zero-order valence-corrected chi connectivity index (χ0v) is 10.4. The highest BCUT2D eigenvalue weighted by molar-refractivity contribution is 5.23. The summed E-state index contributed by atoms with van der Waals surface area (Å²) in [6, 6.07) is 6.22. The summed E-state index contributed by atoms with van der Waals surface area (Å²) in [6.45, 7) is 4.60. The van der Waals surface area contributed by atoms with Crippen molar-refractivity contribution in [1.29, 1.82) is 0 Å². The minimum atomic E-state index is -0.111. The number of benzene rings is 1. The minimum Gasteiger partial charge on any atom is -0.314 e. The van der Waals surface area contributed by atoms with Gasteiger partial charge in [0.05, 0.1) is 0 Å². The predicted molar refractivity (Wildman–Crippen MR) is 68.5 cm³/mol. The molecule has 0 atom stereocenters. The molecule has 94 valence electrons. The number of aryl methyl sites for hydroxylation is 1. The second-order valence-corrected chi connectivity index (χ2v) is 4.84. The zero-order valence-electron chi connectivity index (χ0n) is 10.4. The molecule has 1 aromatic rings. The maximum absolute atomic E-state index is 13.3. The Morgan fingerprint density at radius 2 is 2.12 bits per heavy atom. The van der Waals surface area contributed by atoms with Gasteiger partial charge in [-0.2, -0.15) is 0 Å². The first-order chi connectivity index (χ1) is 8.25. The summed E-state index contributed by atoms with van der Waals surface area (Å²) in [7, 11) is 0. The van der Waals surface area contributed by atoms with Gasteiger partial charge in [-0.25, -0.2) is 4.39 Å². The molecule has 3 heteroatoms. The Bertz CT molecular complexity index is 361. The Kier molecular flexibility index (Phi) is 4.51. The Balaban J connectivity index is 1.58. The first-order valence-corrected chi connectivity index (χ1v) is 6.45. The van der Waals surface area contributed by atoms with E-state index < -0.39 is 0 Å². The van der Waals surface area contributed by atoms with E-state index in [9.17, 15) is 4.39 Å². The van der Waals surface area contributed by atoms with Crippen LogP contribution in [0.4, 0.5) is 4.39 Å². The van der Waals surface area contributed by atoms with Gasteiger partial charge in [-0.3, -0.25) is 0 Å². The van der Waals surface area contributed by atoms with Crippen molar-refractivity contribution in [3.05, 3.63) is 35.1 Å². The van der Waals surface area contributed by atoms with Crippen LogP contribution < -0.4 is 10.6 Å². The number of hydrogen-bond donors (Lipinski definition) is 2. The van der Waals surface area contributed by atoms with E-state index in [2.05, 4.69) is 10.6 Å². The molecule has 1 fully saturated rings. The summed E-state index contributed by atoms with van der Waals surface area (Å²) in [5.74, 6) is -0.111. The molecule has 0 aliphatic heterocycles. The molecule has 1 saturated carbocycles. The van der Waals surface area contributed by atoms with Gasteiger partial charge in [-0.15, -0.1) is 0 Å². The van der Waals surface area contributed by atoms with Gasteiger partial charge in [-0.1, -0.05) is 12.1 Å². The molecule has 1 aromatic carbocycles. The third-order valence-electron chi connectivity index (χ3n) is 3.11. The van der Waals surface area contributed by atoms with Crippen molar-refractivity contribution < 1.29 is 4.39 Å². The number of hydrogen-bond acceptors (Lipinski definition) is 2. The summed E-state index contributed by atoms with van der Waals surface area (Å²) in [5.41, 5.74) is 1.73. The summed E-state index contributed by atoms with van der Waals surface area (Å²) in [5, 5.41) is 6.81. The van der Waals surface area contributed by atoms with Gasteiger partial charge in [-0.05, 0) is 56.5 Å². The van der Waals surface area contributed by atoms with Crippen LogP contribution in [0.5, 0.6) is 0 Å². The van der Waals surface area contributed by atoms with Gasteiger partial charge in [0, 0.05) is 12.6 Å². The second kappa shape index (κ2) is 6.12. The van der Waals surface area contributed by atoms with Crippen LogP contribution in [0, 0.1) is 12.7 Å². The first kappa shape index (κ1) is 12.5. The summed E-state index contributed by atoms with van der Waals surface area (Å²) >= 11 is 0. The molecular weight excluding hydrogens is 215 g/mol. The van der Waals surface area contributed by atoms with Crippen LogP contribution in [0.25, 0.3) is 0 Å². The third kappa shape index (κ3) is 4.44. The lowest BCUT2D eigenvalue weighted by molar-refractivity contribution is 0.587. The van der Waals surface area contributed by atoms with Crippen LogP contribution in [0.15, 0.2) is 18.2 Å². The van der Waals surface area contributed by atoms with E-state index in [4.69, 9.17) is 0 Å². The molecule has 2 nitrogen and oxygen atoms in total. The standard InChI is InChI=1S/C14H21FN2/c1-11-3-4-12(9-14(11)15)10-16-7-2-8-17-13-5-6-13/h3-4,9,13,16-17H,2,5-8,10H2,1H3. The smallest absolute Gasteiger partial charge is 0.126 e. The predicted octanol–water partition coefficient (Wildman–Crippen LogP) is 2.37. The van der Waals surface area contributed by atoms with Gasteiger partial charge in [0.25, 0.3) is 0 Å². The highest BCUT2D eigenvalue weighted by Crippen LogP contribution is 2.18. The lowest BCUT2D eigenvalue weighted by Gasteiger charge is -2.06. The van der Waals surface area contributed by atoms with Gasteiger partial charge >= 0.3 is 0 Å². The molecule has 0 amide bonds. The van der Waals surface area contributed by atoms with Crippen molar-refractivity contribution in [3.63, 3.8) is 0 Å². The van der Waals surface area contributed by atoms with Gasteiger partial charge < -0.3 is 10.6 Å². The van der Waals surface area contributed by atoms with E-state index in [-0.39, 0.29) is 5.82 Å². The van der Waals surface area contributed by atoms with Crippen LogP contribution in [-0.2, 0) is 6.54 Å². The van der Waals surface area contributed by atoms with Crippen LogP contribution in [0.3, 0.4) is 0 Å². The van der Waals surface area contributed by atoms with E-state index in [0.717, 1.165) is 37.7 Å². The maximum atomic E-state index is 13.3. The Morgan fingerprint density at radius 1 is 1.29 bits per heavy atom. The lowest BCUT2D eigenvalue weighted by Crippen LogP contribution is -2.23. The highest BCUT2D eigenvalue weighted by atomic mass is 19.1. The van der Waals surface area contributed by atoms with E-state index in [1.807, 2.05) is 12.1 Å². The third-order valence-corrected chi connectivity index (χ3v) is 3.11. The molecule has 2 N–H and O–H groups in total. The average Bonchev–Trinajstić information content (AvgIpc) is 3.12. The molecular formula is C14H21FN2. The van der Waals surface area contributed by atoms with E-state index in [1.54, 1.807) is 13.0 Å². The second-order valence-electron chi connectivity index (χ2n) is 4.84. The summed E-state index contributed by atoms with van der Waals surface area (Å²) < 4.78 is 13.3. The number of halogens is 1. The van der Waals surface area contributed by atoms with Gasteiger partial charge in [0.1, 0.15) is 5.82 Å². The fourth-order valence-corrected chi connectivity index (χ4v) is 1.79. The summed E-state index contributed by atoms with van der Waals surface area (Å²) in [4.78, 5) is 0. The Labute approximate surface area is 103 Å². The molecule has 0 heterocycles. The maximum Gasteiger partial charge on any atom is 0.126 e. The fourth-order valence-electron chi connectivity index (χ4n) is 1.79. The van der Waals surface area contributed by atoms with Crippen LogP contribution in [0.2, 0.25) is 0 Å². The molecule has 17 heavy (non-hydrogen) atoms. The molecule has 0 aromatic heterocycles.